The Kier molecular flexibility index (Phi) is 4.67. The van der Waals surface area contributed by atoms with Crippen LogP contribution in [0.3, 0.4) is 0 Å². The van der Waals surface area contributed by atoms with Crippen molar-refractivity contribution in [3.05, 3.63) is 29.1 Å². The summed E-state index contributed by atoms with van der Waals surface area (Å²) >= 11 is 0. The predicted molar refractivity (Wildman–Crippen MR) is 65.8 cm³/mol. The number of carboxylic acids is 1. The second kappa shape index (κ2) is 6.01. The summed E-state index contributed by atoms with van der Waals surface area (Å²) in [5.74, 6) is -1.31. The average Bonchev–Trinajstić information content (AvgIpc) is 2.32. The van der Waals surface area contributed by atoms with Crippen molar-refractivity contribution in [1.29, 1.82) is 5.26 Å². The number of rotatable bonds is 5. The van der Waals surface area contributed by atoms with E-state index >= 15 is 0 Å². The zero-order valence-electron chi connectivity index (χ0n) is 10.3. The minimum atomic E-state index is -0.864. The van der Waals surface area contributed by atoms with Crippen molar-refractivity contribution in [1.82, 2.24) is 0 Å². The lowest BCUT2D eigenvalue weighted by Crippen LogP contribution is -2.17. The van der Waals surface area contributed by atoms with Gasteiger partial charge in [0.05, 0.1) is 11.6 Å². The highest BCUT2D eigenvalue weighted by Gasteiger charge is 2.10. The maximum absolute atomic E-state index is 13.5. The van der Waals surface area contributed by atoms with E-state index in [1.807, 2.05) is 13.0 Å². The first-order valence-electron chi connectivity index (χ1n) is 5.62. The third kappa shape index (κ3) is 3.74. The lowest BCUT2D eigenvalue weighted by atomic mass is 10.1. The number of halogens is 1. The molecule has 96 valence electrons. The largest absolute Gasteiger partial charge is 0.481 e. The SMILES string of the molecule is Cc1c(F)cc(C#N)cc1NC(C)CCC(=O)O. The van der Waals surface area contributed by atoms with E-state index in [0.29, 0.717) is 17.7 Å². The number of hydrogen-bond acceptors (Lipinski definition) is 3. The number of aliphatic carboxylic acids is 1. The molecule has 4 nitrogen and oxygen atoms in total. The van der Waals surface area contributed by atoms with Crippen molar-refractivity contribution in [2.24, 2.45) is 0 Å². The molecule has 0 aromatic heterocycles. The Morgan fingerprint density at radius 1 is 1.61 bits per heavy atom. The van der Waals surface area contributed by atoms with Crippen LogP contribution < -0.4 is 5.32 Å². The number of nitrogens with one attached hydrogen (secondary N) is 1. The van der Waals surface area contributed by atoms with Gasteiger partial charge in [-0.2, -0.15) is 5.26 Å². The maximum atomic E-state index is 13.5. The number of hydrogen-bond donors (Lipinski definition) is 2. The van der Waals surface area contributed by atoms with Crippen molar-refractivity contribution in [2.75, 3.05) is 5.32 Å². The second-order valence-corrected chi connectivity index (χ2v) is 4.22. The van der Waals surface area contributed by atoms with Crippen molar-refractivity contribution in [2.45, 2.75) is 32.7 Å². The van der Waals surface area contributed by atoms with Gasteiger partial charge in [0.2, 0.25) is 0 Å². The molecule has 0 aliphatic rings. The van der Waals surface area contributed by atoms with Gasteiger partial charge in [-0.1, -0.05) is 0 Å². The lowest BCUT2D eigenvalue weighted by molar-refractivity contribution is -0.137. The van der Waals surface area contributed by atoms with E-state index in [-0.39, 0.29) is 18.0 Å². The monoisotopic (exact) mass is 250 g/mol. The van der Waals surface area contributed by atoms with Gasteiger partial charge in [0.25, 0.3) is 0 Å². The Bertz CT molecular complexity index is 494. The van der Waals surface area contributed by atoms with E-state index in [2.05, 4.69) is 5.32 Å². The first-order valence-corrected chi connectivity index (χ1v) is 5.62. The summed E-state index contributed by atoms with van der Waals surface area (Å²) in [4.78, 5) is 10.4. The third-order valence-electron chi connectivity index (χ3n) is 2.67. The van der Waals surface area contributed by atoms with Gasteiger partial charge in [-0.05, 0) is 32.4 Å². The van der Waals surface area contributed by atoms with E-state index in [4.69, 9.17) is 10.4 Å². The molecular weight excluding hydrogens is 235 g/mol. The Morgan fingerprint density at radius 3 is 2.83 bits per heavy atom. The van der Waals surface area contributed by atoms with Gasteiger partial charge in [0.15, 0.2) is 0 Å². The van der Waals surface area contributed by atoms with Gasteiger partial charge in [-0.3, -0.25) is 4.79 Å². The molecule has 1 aromatic rings. The molecular formula is C13H15FN2O2. The molecule has 0 spiro atoms. The van der Waals surface area contributed by atoms with Crippen LogP contribution in [0.2, 0.25) is 0 Å². The number of benzene rings is 1. The molecule has 1 rings (SSSR count). The topological polar surface area (TPSA) is 73.1 Å². The molecule has 0 aliphatic carbocycles. The highest BCUT2D eigenvalue weighted by atomic mass is 19.1. The zero-order chi connectivity index (χ0) is 13.7. The minimum Gasteiger partial charge on any atom is -0.481 e. The molecule has 0 aliphatic heterocycles. The number of nitrogens with zero attached hydrogens (tertiary/aromatic N) is 1. The van der Waals surface area contributed by atoms with Crippen molar-refractivity contribution in [3.63, 3.8) is 0 Å². The van der Waals surface area contributed by atoms with Crippen molar-refractivity contribution >= 4 is 11.7 Å². The Hall–Kier alpha value is -2.09. The smallest absolute Gasteiger partial charge is 0.303 e. The molecule has 0 saturated heterocycles. The molecule has 2 N–H and O–H groups in total. The van der Waals surface area contributed by atoms with Gasteiger partial charge >= 0.3 is 5.97 Å². The molecule has 0 fully saturated rings. The second-order valence-electron chi connectivity index (χ2n) is 4.22. The first-order chi connectivity index (χ1) is 8.43. The molecule has 5 heteroatoms. The van der Waals surface area contributed by atoms with Crippen molar-refractivity contribution in [3.8, 4) is 6.07 Å². The van der Waals surface area contributed by atoms with Crippen LogP contribution >= 0.6 is 0 Å². The Balaban J connectivity index is 2.81. The summed E-state index contributed by atoms with van der Waals surface area (Å²) in [6, 6.07) is 4.53. The normalized spacial score (nSPS) is 11.7. The van der Waals surface area contributed by atoms with Crippen LogP contribution in [0.25, 0.3) is 0 Å². The molecule has 1 unspecified atom stereocenters. The van der Waals surface area contributed by atoms with Crippen LogP contribution in [0.5, 0.6) is 0 Å². The number of nitriles is 1. The van der Waals surface area contributed by atoms with Crippen LogP contribution in [0.1, 0.15) is 30.9 Å². The fraction of sp³-hybridized carbons (Fsp3) is 0.385. The highest BCUT2D eigenvalue weighted by molar-refractivity contribution is 5.66. The molecule has 18 heavy (non-hydrogen) atoms. The average molecular weight is 250 g/mol. The summed E-state index contributed by atoms with van der Waals surface area (Å²) in [6.45, 7) is 3.43. The molecule has 1 aromatic carbocycles. The number of anilines is 1. The van der Waals surface area contributed by atoms with E-state index in [0.717, 1.165) is 0 Å². The van der Waals surface area contributed by atoms with Crippen LogP contribution in [0.4, 0.5) is 10.1 Å². The van der Waals surface area contributed by atoms with Gasteiger partial charge < -0.3 is 10.4 Å². The summed E-state index contributed by atoms with van der Waals surface area (Å²) in [6.07, 6.45) is 0.487. The van der Waals surface area contributed by atoms with Crippen LogP contribution in [0.15, 0.2) is 12.1 Å². The van der Waals surface area contributed by atoms with Crippen LogP contribution in [-0.2, 0) is 4.79 Å². The molecule has 0 amide bonds. The molecule has 0 radical (unpaired) electrons. The zero-order valence-corrected chi connectivity index (χ0v) is 10.3. The fourth-order valence-corrected chi connectivity index (χ4v) is 1.57. The van der Waals surface area contributed by atoms with E-state index in [9.17, 15) is 9.18 Å². The maximum Gasteiger partial charge on any atom is 0.303 e. The highest BCUT2D eigenvalue weighted by Crippen LogP contribution is 2.21. The molecule has 0 saturated carbocycles. The summed E-state index contributed by atoms with van der Waals surface area (Å²) < 4.78 is 13.5. The minimum absolute atomic E-state index is 0.0492. The third-order valence-corrected chi connectivity index (χ3v) is 2.67. The summed E-state index contributed by atoms with van der Waals surface area (Å²) in [5.41, 5.74) is 1.20. The standard InChI is InChI=1S/C13H15FN2O2/c1-8(3-4-13(17)18)16-12-6-10(7-15)5-11(14)9(12)2/h5-6,8,16H,3-4H2,1-2H3,(H,17,18). The number of carboxylic acid groups (broad SMARTS) is 1. The van der Waals surface area contributed by atoms with Gasteiger partial charge in [-0.25, -0.2) is 4.39 Å². The van der Waals surface area contributed by atoms with E-state index in [1.54, 1.807) is 13.0 Å². The summed E-state index contributed by atoms with van der Waals surface area (Å²) in [7, 11) is 0. The predicted octanol–water partition coefficient (Wildman–Crippen LogP) is 2.67. The lowest BCUT2D eigenvalue weighted by Gasteiger charge is -2.16. The van der Waals surface area contributed by atoms with Gasteiger partial charge in [-0.15, -0.1) is 0 Å². The van der Waals surface area contributed by atoms with Gasteiger partial charge in [0, 0.05) is 23.7 Å². The van der Waals surface area contributed by atoms with E-state index < -0.39 is 11.8 Å². The Morgan fingerprint density at radius 2 is 2.28 bits per heavy atom. The summed E-state index contributed by atoms with van der Waals surface area (Å²) in [5, 5.41) is 20.4. The Labute approximate surface area is 105 Å². The molecule has 1 atom stereocenters. The van der Waals surface area contributed by atoms with Crippen molar-refractivity contribution < 1.29 is 14.3 Å². The number of carbonyl (C=O) groups is 1. The van der Waals surface area contributed by atoms with Crippen LogP contribution in [0, 0.1) is 24.1 Å². The quantitative estimate of drug-likeness (QED) is 0.842. The first kappa shape index (κ1) is 14.0. The van der Waals surface area contributed by atoms with E-state index in [1.165, 1.54) is 6.07 Å². The fourth-order valence-electron chi connectivity index (χ4n) is 1.57. The van der Waals surface area contributed by atoms with Gasteiger partial charge in [0.1, 0.15) is 5.82 Å². The molecule has 0 bridgehead atoms. The van der Waals surface area contributed by atoms with Crippen LogP contribution in [-0.4, -0.2) is 17.1 Å². The molecule has 0 heterocycles.